The van der Waals surface area contributed by atoms with Gasteiger partial charge in [0.25, 0.3) is 0 Å². The summed E-state index contributed by atoms with van der Waals surface area (Å²) in [6, 6.07) is 11.8. The van der Waals surface area contributed by atoms with Crippen LogP contribution in [-0.2, 0) is 14.8 Å². The molecule has 12 nitrogen and oxygen atoms in total. The summed E-state index contributed by atoms with van der Waals surface area (Å²) in [6.07, 6.45) is 4.46. The maximum atomic E-state index is 15.3. The summed E-state index contributed by atoms with van der Waals surface area (Å²) in [5.41, 5.74) is 1.92. The highest BCUT2D eigenvalue weighted by molar-refractivity contribution is 7.92. The number of aliphatic carboxylic acids is 1. The quantitative estimate of drug-likeness (QED) is 0.275. The molecular formula is C30H38ClFN8O4S. The van der Waals surface area contributed by atoms with Gasteiger partial charge in [0.05, 0.1) is 36.1 Å². The van der Waals surface area contributed by atoms with Crippen LogP contribution >= 0.6 is 11.6 Å². The monoisotopic (exact) mass is 660 g/mol. The van der Waals surface area contributed by atoms with Gasteiger partial charge in [-0.1, -0.05) is 23.7 Å². The smallest absolute Gasteiger partial charge is 0.317 e. The largest absolute Gasteiger partial charge is 0.480 e. The Balaban J connectivity index is 1.17. The van der Waals surface area contributed by atoms with E-state index in [-0.39, 0.29) is 29.2 Å². The molecule has 5 rings (SSSR count). The molecule has 0 spiro atoms. The normalized spacial score (nSPS) is 16.8. The van der Waals surface area contributed by atoms with Gasteiger partial charge in [-0.3, -0.25) is 14.0 Å². The van der Waals surface area contributed by atoms with Crippen LogP contribution in [0.1, 0.15) is 12.8 Å². The van der Waals surface area contributed by atoms with E-state index in [9.17, 15) is 13.2 Å². The molecule has 242 valence electrons. The Kier molecular flexibility index (Phi) is 10.3. The number of piperidine rings is 1. The number of rotatable bonds is 11. The summed E-state index contributed by atoms with van der Waals surface area (Å²) >= 11 is 6.35. The lowest BCUT2D eigenvalue weighted by molar-refractivity contribution is -0.138. The van der Waals surface area contributed by atoms with E-state index in [4.69, 9.17) is 16.7 Å². The van der Waals surface area contributed by atoms with E-state index in [0.717, 1.165) is 69.2 Å². The van der Waals surface area contributed by atoms with Crippen LogP contribution in [0.2, 0.25) is 5.02 Å². The van der Waals surface area contributed by atoms with E-state index in [0.29, 0.717) is 28.7 Å². The van der Waals surface area contributed by atoms with E-state index >= 15 is 4.39 Å². The maximum absolute atomic E-state index is 15.3. The number of carboxylic acids is 1. The van der Waals surface area contributed by atoms with Gasteiger partial charge in [-0.2, -0.15) is 4.98 Å². The molecule has 2 aliphatic heterocycles. The van der Waals surface area contributed by atoms with Gasteiger partial charge in [0.2, 0.25) is 16.0 Å². The van der Waals surface area contributed by atoms with Gasteiger partial charge in [0, 0.05) is 58.5 Å². The number of piperazine rings is 1. The number of para-hydroxylation sites is 2. The number of nitrogens with one attached hydrogen (secondary N) is 2. The van der Waals surface area contributed by atoms with Crippen molar-refractivity contribution in [3.63, 3.8) is 0 Å². The molecular weight excluding hydrogens is 623 g/mol. The number of anilines is 6. The molecule has 0 atom stereocenters. The number of halogens is 2. The molecule has 2 saturated heterocycles. The van der Waals surface area contributed by atoms with Crippen LogP contribution < -0.4 is 19.8 Å². The summed E-state index contributed by atoms with van der Waals surface area (Å²) in [4.78, 5) is 26.1. The molecule has 3 aromatic rings. The number of carbonyl (C=O) groups is 1. The Hall–Kier alpha value is -3.72. The molecule has 0 amide bonds. The van der Waals surface area contributed by atoms with Crippen molar-refractivity contribution in [1.82, 2.24) is 19.8 Å². The van der Waals surface area contributed by atoms with Crippen LogP contribution in [0, 0.1) is 11.7 Å². The lowest BCUT2D eigenvalue weighted by Crippen LogP contribution is -2.49. The lowest BCUT2D eigenvalue weighted by Gasteiger charge is -2.39. The van der Waals surface area contributed by atoms with Crippen LogP contribution in [0.15, 0.2) is 48.7 Å². The topological polar surface area (TPSA) is 134 Å². The Labute approximate surface area is 267 Å². The predicted octanol–water partition coefficient (Wildman–Crippen LogP) is 4.07. The summed E-state index contributed by atoms with van der Waals surface area (Å²) in [6.45, 7) is 5.89. The van der Waals surface area contributed by atoms with Gasteiger partial charge >= 0.3 is 5.97 Å². The van der Waals surface area contributed by atoms with Crippen molar-refractivity contribution in [3.8, 4) is 0 Å². The van der Waals surface area contributed by atoms with E-state index in [1.807, 2.05) is 4.90 Å². The first-order valence-electron chi connectivity index (χ1n) is 14.8. The third kappa shape index (κ3) is 8.51. The second-order valence-electron chi connectivity index (χ2n) is 11.5. The SMILES string of the molecule is CN(c1ccccc1Nc1nc(Nc2ccc(N3CCC(CN4CCN(CC(=O)O)CC4)CC3)c(F)c2)ncc1Cl)S(C)(=O)=O. The first-order chi connectivity index (χ1) is 21.5. The number of aromatic nitrogens is 2. The van der Waals surface area contributed by atoms with Crippen molar-refractivity contribution in [2.75, 3.05) is 85.5 Å². The van der Waals surface area contributed by atoms with Gasteiger partial charge in [0.15, 0.2) is 5.82 Å². The molecule has 2 aliphatic rings. The fourth-order valence-electron chi connectivity index (χ4n) is 5.69. The first kappa shape index (κ1) is 32.7. The Bertz CT molecular complexity index is 1620. The standard InChI is InChI=1S/C30H38ClFN8O4S/c1-37(45(2,43)44)27-6-4-3-5-25(27)35-29-23(31)18-33-30(36-29)34-22-7-8-26(24(32)17-22)40-11-9-21(10-12-40)19-38-13-15-39(16-14-38)20-28(41)42/h3-8,17-18,21H,9-16,19-20H2,1-2H3,(H,41,42)(H2,33,34,35,36). The maximum Gasteiger partial charge on any atom is 0.317 e. The van der Waals surface area contributed by atoms with Crippen LogP contribution in [0.25, 0.3) is 0 Å². The number of hydrogen-bond acceptors (Lipinski definition) is 10. The molecule has 3 N–H and O–H groups in total. The fraction of sp³-hybridized carbons (Fsp3) is 0.433. The zero-order valence-corrected chi connectivity index (χ0v) is 26.9. The predicted molar refractivity (Wildman–Crippen MR) is 175 cm³/mol. The van der Waals surface area contributed by atoms with Crippen molar-refractivity contribution in [2.24, 2.45) is 5.92 Å². The summed E-state index contributed by atoms with van der Waals surface area (Å²) < 4.78 is 40.7. The highest BCUT2D eigenvalue weighted by Gasteiger charge is 2.26. The number of hydrogen-bond donors (Lipinski definition) is 3. The number of sulfonamides is 1. The molecule has 2 fully saturated rings. The molecule has 3 heterocycles. The number of carboxylic acid groups (broad SMARTS) is 1. The molecule has 45 heavy (non-hydrogen) atoms. The van der Waals surface area contributed by atoms with Gasteiger partial charge in [-0.15, -0.1) is 0 Å². The zero-order chi connectivity index (χ0) is 32.1. The molecule has 15 heteroatoms. The van der Waals surface area contributed by atoms with E-state index in [1.165, 1.54) is 19.3 Å². The van der Waals surface area contributed by atoms with Crippen molar-refractivity contribution in [1.29, 1.82) is 0 Å². The Morgan fingerprint density at radius 3 is 2.42 bits per heavy atom. The van der Waals surface area contributed by atoms with Crippen LogP contribution in [-0.4, -0.2) is 105 Å². The van der Waals surface area contributed by atoms with E-state index in [1.54, 1.807) is 36.4 Å². The molecule has 0 aliphatic carbocycles. The van der Waals surface area contributed by atoms with Gasteiger partial charge in [-0.25, -0.2) is 17.8 Å². The third-order valence-electron chi connectivity index (χ3n) is 8.24. The molecule has 2 aromatic carbocycles. The van der Waals surface area contributed by atoms with Crippen LogP contribution in [0.4, 0.5) is 38.9 Å². The highest BCUT2D eigenvalue weighted by atomic mass is 35.5. The minimum atomic E-state index is -3.50. The summed E-state index contributed by atoms with van der Waals surface area (Å²) in [7, 11) is -2.04. The van der Waals surface area contributed by atoms with Crippen LogP contribution in [0.5, 0.6) is 0 Å². The van der Waals surface area contributed by atoms with E-state index in [2.05, 4.69) is 30.4 Å². The van der Waals surface area contributed by atoms with E-state index < -0.39 is 16.0 Å². The molecule has 0 radical (unpaired) electrons. The molecule has 0 bridgehead atoms. The van der Waals surface area contributed by atoms with Crippen molar-refractivity contribution in [3.05, 3.63) is 59.5 Å². The average Bonchev–Trinajstić information content (AvgIpc) is 3.00. The number of nitrogens with zero attached hydrogens (tertiary/aromatic N) is 6. The third-order valence-corrected chi connectivity index (χ3v) is 9.71. The van der Waals surface area contributed by atoms with Gasteiger partial charge < -0.3 is 25.5 Å². The first-order valence-corrected chi connectivity index (χ1v) is 17.0. The second-order valence-corrected chi connectivity index (χ2v) is 13.9. The highest BCUT2D eigenvalue weighted by Crippen LogP contribution is 2.33. The summed E-state index contributed by atoms with van der Waals surface area (Å²) in [5, 5.41) is 15.3. The Morgan fingerprint density at radius 2 is 1.76 bits per heavy atom. The number of benzene rings is 2. The molecule has 0 unspecified atom stereocenters. The van der Waals surface area contributed by atoms with Crippen LogP contribution in [0.3, 0.4) is 0 Å². The fourth-order valence-corrected chi connectivity index (χ4v) is 6.34. The molecule has 1 aromatic heterocycles. The van der Waals surface area contributed by atoms with Crippen molar-refractivity contribution < 1.29 is 22.7 Å². The van der Waals surface area contributed by atoms with Crippen molar-refractivity contribution >= 4 is 62.1 Å². The molecule has 0 saturated carbocycles. The van der Waals surface area contributed by atoms with Gasteiger partial charge in [-0.05, 0) is 49.1 Å². The minimum absolute atomic E-state index is 0.0963. The minimum Gasteiger partial charge on any atom is -0.480 e. The Morgan fingerprint density at radius 1 is 1.07 bits per heavy atom. The average molecular weight is 661 g/mol. The lowest BCUT2D eigenvalue weighted by atomic mass is 9.95. The summed E-state index contributed by atoms with van der Waals surface area (Å²) in [5.74, 6) is -0.163. The second kappa shape index (κ2) is 14.1. The van der Waals surface area contributed by atoms with Crippen molar-refractivity contribution in [2.45, 2.75) is 12.8 Å². The zero-order valence-electron chi connectivity index (χ0n) is 25.3. The van der Waals surface area contributed by atoms with Gasteiger partial charge in [0.1, 0.15) is 10.8 Å².